The molecule has 0 aliphatic heterocycles. The summed E-state index contributed by atoms with van der Waals surface area (Å²) in [6.07, 6.45) is -2.23. The molecule has 0 aliphatic rings. The molecule has 10 heteroatoms. The van der Waals surface area contributed by atoms with Gasteiger partial charge in [0.2, 0.25) is 0 Å². The van der Waals surface area contributed by atoms with Crippen molar-refractivity contribution in [2.75, 3.05) is 6.61 Å². The highest BCUT2D eigenvalue weighted by molar-refractivity contribution is 7.97. The maximum Gasteiger partial charge on any atom is 0.431 e. The molecular weight excluding hydrogens is 480 g/mol. The standard InChI is InChI=1S/C18H15S.C5H8F4O4S/c1-4-10-16(11-5-1)19(17-12-6-2-7-13-17)18-14-8-3-9-15-18;6-4(7,2-1-3-10)5(8,9)14(11,12)13/h1-15H;10H,1-3H2,(H,11,12,13)/q+1;. The van der Waals surface area contributed by atoms with Gasteiger partial charge in [-0.15, -0.1) is 0 Å². The Labute approximate surface area is 193 Å². The predicted octanol–water partition coefficient (Wildman–Crippen LogP) is 5.66. The lowest BCUT2D eigenvalue weighted by Crippen LogP contribution is -2.46. The lowest BCUT2D eigenvalue weighted by Gasteiger charge is -2.23. The molecule has 0 saturated carbocycles. The molecule has 3 aromatic carbocycles. The molecule has 178 valence electrons. The Kier molecular flexibility index (Phi) is 9.47. The zero-order valence-electron chi connectivity index (χ0n) is 17.3. The van der Waals surface area contributed by atoms with Crippen LogP contribution in [-0.2, 0) is 21.0 Å². The summed E-state index contributed by atoms with van der Waals surface area (Å²) in [5, 5.41) is 2.58. The molecule has 0 aromatic heterocycles. The quantitative estimate of drug-likeness (QED) is 0.236. The van der Waals surface area contributed by atoms with Gasteiger partial charge in [-0.3, -0.25) is 4.55 Å². The fourth-order valence-corrected chi connectivity index (χ4v) is 5.30. The predicted molar refractivity (Wildman–Crippen MR) is 119 cm³/mol. The van der Waals surface area contributed by atoms with Gasteiger partial charge in [0.05, 0.1) is 10.9 Å². The number of benzene rings is 3. The van der Waals surface area contributed by atoms with Crippen molar-refractivity contribution in [2.45, 2.75) is 38.7 Å². The van der Waals surface area contributed by atoms with Crippen LogP contribution in [0.4, 0.5) is 17.6 Å². The largest absolute Gasteiger partial charge is 0.431 e. The molecule has 0 aliphatic carbocycles. The van der Waals surface area contributed by atoms with E-state index in [0.29, 0.717) is 0 Å². The third kappa shape index (κ3) is 7.04. The number of hydrogen-bond acceptors (Lipinski definition) is 3. The highest BCUT2D eigenvalue weighted by atomic mass is 32.2. The second-order valence-electron chi connectivity index (χ2n) is 6.77. The van der Waals surface area contributed by atoms with Crippen molar-refractivity contribution in [1.29, 1.82) is 0 Å². The van der Waals surface area contributed by atoms with Crippen LogP contribution in [0.2, 0.25) is 0 Å². The third-order valence-electron chi connectivity index (χ3n) is 4.34. The Morgan fingerprint density at radius 1 is 0.697 bits per heavy atom. The molecule has 0 unspecified atom stereocenters. The summed E-state index contributed by atoms with van der Waals surface area (Å²) in [4.78, 5) is 4.08. The molecule has 0 bridgehead atoms. The van der Waals surface area contributed by atoms with Crippen molar-refractivity contribution >= 4 is 21.0 Å². The van der Waals surface area contributed by atoms with E-state index < -0.39 is 40.7 Å². The number of aliphatic hydroxyl groups excluding tert-OH is 1. The second-order valence-corrected chi connectivity index (χ2v) is 10.3. The Hall–Kier alpha value is -2.40. The van der Waals surface area contributed by atoms with Gasteiger partial charge in [-0.2, -0.15) is 26.0 Å². The number of rotatable bonds is 8. The first kappa shape index (κ1) is 26.8. The first-order valence-electron chi connectivity index (χ1n) is 9.74. The molecule has 2 N–H and O–H groups in total. The van der Waals surface area contributed by atoms with E-state index in [4.69, 9.17) is 9.66 Å². The summed E-state index contributed by atoms with van der Waals surface area (Å²) >= 11 is 0. The van der Waals surface area contributed by atoms with Gasteiger partial charge in [-0.25, -0.2) is 0 Å². The van der Waals surface area contributed by atoms with E-state index in [9.17, 15) is 26.0 Å². The van der Waals surface area contributed by atoms with Crippen LogP contribution in [0.1, 0.15) is 12.8 Å². The summed E-state index contributed by atoms with van der Waals surface area (Å²) in [6, 6.07) is 32.2. The third-order valence-corrected chi connectivity index (χ3v) is 7.51. The number of alkyl halides is 4. The van der Waals surface area contributed by atoms with Crippen molar-refractivity contribution in [3.05, 3.63) is 91.0 Å². The highest BCUT2D eigenvalue weighted by Gasteiger charge is 2.64. The van der Waals surface area contributed by atoms with Crippen LogP contribution < -0.4 is 0 Å². The van der Waals surface area contributed by atoms with Gasteiger partial charge in [0.25, 0.3) is 0 Å². The molecule has 0 radical (unpaired) electrons. The molecule has 0 atom stereocenters. The fourth-order valence-electron chi connectivity index (χ4n) is 2.71. The van der Waals surface area contributed by atoms with Gasteiger partial charge in [-0.1, -0.05) is 54.6 Å². The van der Waals surface area contributed by atoms with Crippen LogP contribution in [0.5, 0.6) is 0 Å². The minimum Gasteiger partial charge on any atom is -0.396 e. The highest BCUT2D eigenvalue weighted by Crippen LogP contribution is 2.41. The maximum absolute atomic E-state index is 12.5. The normalized spacial score (nSPS) is 12.2. The number of halogens is 4. The van der Waals surface area contributed by atoms with Crippen LogP contribution in [0, 0.1) is 0 Å². The molecule has 3 rings (SSSR count). The van der Waals surface area contributed by atoms with Gasteiger partial charge in [0, 0.05) is 13.0 Å². The zero-order chi connectivity index (χ0) is 24.5. The van der Waals surface area contributed by atoms with E-state index in [0.717, 1.165) is 0 Å². The average molecular weight is 504 g/mol. The summed E-state index contributed by atoms with van der Waals surface area (Å²) in [6.45, 7) is -0.781. The average Bonchev–Trinajstić information content (AvgIpc) is 2.80. The molecule has 3 aromatic rings. The van der Waals surface area contributed by atoms with Crippen LogP contribution in [0.15, 0.2) is 106 Å². The molecule has 0 saturated heterocycles. The van der Waals surface area contributed by atoms with Gasteiger partial charge < -0.3 is 5.11 Å². The van der Waals surface area contributed by atoms with E-state index in [1.807, 2.05) is 0 Å². The maximum atomic E-state index is 12.5. The molecule has 0 amide bonds. The van der Waals surface area contributed by atoms with Crippen LogP contribution in [0.25, 0.3) is 0 Å². The SMILES string of the molecule is O=S(=O)(O)C(F)(F)C(F)(F)CCCO.c1ccc([S+](c2ccccc2)c2ccccc2)cc1. The van der Waals surface area contributed by atoms with Crippen LogP contribution in [0.3, 0.4) is 0 Å². The van der Waals surface area contributed by atoms with E-state index in [-0.39, 0.29) is 10.9 Å². The first-order chi connectivity index (χ1) is 15.5. The Morgan fingerprint density at radius 2 is 1.03 bits per heavy atom. The first-order valence-corrected chi connectivity index (χ1v) is 12.4. The summed E-state index contributed by atoms with van der Waals surface area (Å²) in [7, 11) is -6.17. The number of hydrogen-bond donors (Lipinski definition) is 2. The van der Waals surface area contributed by atoms with Crippen molar-refractivity contribution in [1.82, 2.24) is 0 Å². The molecule has 0 heterocycles. The fraction of sp³-hybridized carbons (Fsp3) is 0.217. The molecule has 4 nitrogen and oxygen atoms in total. The van der Waals surface area contributed by atoms with Crippen LogP contribution in [-0.4, -0.2) is 35.9 Å². The summed E-state index contributed by atoms with van der Waals surface area (Å²) in [5.41, 5.74) is 0. The minimum absolute atomic E-state index is 0.0146. The Morgan fingerprint density at radius 3 is 1.30 bits per heavy atom. The summed E-state index contributed by atoms with van der Waals surface area (Å²) in [5.74, 6) is -4.90. The zero-order valence-corrected chi connectivity index (χ0v) is 19.0. The lowest BCUT2D eigenvalue weighted by molar-refractivity contribution is -0.165. The summed E-state index contributed by atoms with van der Waals surface area (Å²) < 4.78 is 77.4. The Bertz CT molecular complexity index is 987. The monoisotopic (exact) mass is 503 g/mol. The second kappa shape index (κ2) is 11.6. The van der Waals surface area contributed by atoms with E-state index in [2.05, 4.69) is 91.0 Å². The van der Waals surface area contributed by atoms with Crippen molar-refractivity contribution < 1.29 is 35.6 Å². The minimum atomic E-state index is -6.16. The molecule has 0 fully saturated rings. The smallest absolute Gasteiger partial charge is 0.396 e. The van der Waals surface area contributed by atoms with Gasteiger partial charge in [0.15, 0.2) is 14.7 Å². The van der Waals surface area contributed by atoms with Crippen molar-refractivity contribution in [3.63, 3.8) is 0 Å². The van der Waals surface area contributed by atoms with Gasteiger partial charge in [-0.05, 0) is 42.8 Å². The number of aliphatic hydroxyl groups is 1. The van der Waals surface area contributed by atoms with E-state index in [1.165, 1.54) is 14.7 Å². The van der Waals surface area contributed by atoms with Gasteiger partial charge >= 0.3 is 21.3 Å². The van der Waals surface area contributed by atoms with Crippen molar-refractivity contribution in [3.8, 4) is 0 Å². The van der Waals surface area contributed by atoms with Crippen molar-refractivity contribution in [2.24, 2.45) is 0 Å². The Balaban J connectivity index is 0.000000248. The van der Waals surface area contributed by atoms with E-state index in [1.54, 1.807) is 0 Å². The molecule has 0 spiro atoms. The van der Waals surface area contributed by atoms with Crippen LogP contribution >= 0.6 is 0 Å². The lowest BCUT2D eigenvalue weighted by atomic mass is 10.2. The topological polar surface area (TPSA) is 74.6 Å². The van der Waals surface area contributed by atoms with Gasteiger partial charge in [0.1, 0.15) is 0 Å². The molecular formula is C23H23F4O4S2+. The van der Waals surface area contributed by atoms with E-state index >= 15 is 0 Å². The molecule has 33 heavy (non-hydrogen) atoms.